The van der Waals surface area contributed by atoms with Gasteiger partial charge in [-0.25, -0.2) is 0 Å². The molecule has 0 aliphatic rings. The number of rotatable bonds is 0. The minimum atomic E-state index is 0.104. The Morgan fingerprint density at radius 1 is 0.800 bits per heavy atom. The first kappa shape index (κ1) is 15.0. The molecule has 2 rings (SSSR count). The predicted molar refractivity (Wildman–Crippen MR) is 88.6 cm³/mol. The van der Waals surface area contributed by atoms with Crippen LogP contribution in [0.3, 0.4) is 0 Å². The fourth-order valence-electron chi connectivity index (χ4n) is 2.88. The molecule has 1 aromatic heterocycles. The maximum atomic E-state index is 4.83. The summed E-state index contributed by atoms with van der Waals surface area (Å²) in [4.78, 5) is 4.83. The van der Waals surface area contributed by atoms with E-state index in [1.807, 2.05) is 0 Å². The fraction of sp³-hybridized carbons (Fsp3) is 0.526. The van der Waals surface area contributed by atoms with Crippen LogP contribution in [0.5, 0.6) is 0 Å². The lowest BCUT2D eigenvalue weighted by Gasteiger charge is -2.28. The van der Waals surface area contributed by atoms with Gasteiger partial charge < -0.3 is 0 Å². The lowest BCUT2D eigenvalue weighted by molar-refractivity contribution is 0.569. The van der Waals surface area contributed by atoms with E-state index in [1.165, 1.54) is 27.6 Å². The second-order valence-electron chi connectivity index (χ2n) is 7.95. The minimum absolute atomic E-state index is 0.104. The van der Waals surface area contributed by atoms with Gasteiger partial charge >= 0.3 is 0 Å². The van der Waals surface area contributed by atoms with Crippen LogP contribution < -0.4 is 0 Å². The Bertz CT molecular complexity index is 652. The Labute approximate surface area is 123 Å². The van der Waals surface area contributed by atoms with Gasteiger partial charge in [0, 0.05) is 11.1 Å². The molecule has 0 unspecified atom stereocenters. The monoisotopic (exact) mass is 269 g/mol. The van der Waals surface area contributed by atoms with Crippen molar-refractivity contribution in [3.63, 3.8) is 0 Å². The van der Waals surface area contributed by atoms with Crippen molar-refractivity contribution >= 4 is 10.9 Å². The summed E-state index contributed by atoms with van der Waals surface area (Å²) in [6, 6.07) is 6.73. The van der Waals surface area contributed by atoms with Gasteiger partial charge in [-0.2, -0.15) is 0 Å². The summed E-state index contributed by atoms with van der Waals surface area (Å²) in [5.41, 5.74) is 6.67. The molecule has 20 heavy (non-hydrogen) atoms. The number of nitrogens with zero attached hydrogens (tertiary/aromatic N) is 1. The number of hydrogen-bond donors (Lipinski definition) is 0. The lowest BCUT2D eigenvalue weighted by atomic mass is 9.77. The molecule has 108 valence electrons. The normalized spacial score (nSPS) is 13.0. The molecular weight excluding hydrogens is 242 g/mol. The number of aryl methyl sites for hydroxylation is 2. The van der Waals surface area contributed by atoms with Crippen molar-refractivity contribution in [1.29, 1.82) is 0 Å². The summed E-state index contributed by atoms with van der Waals surface area (Å²) < 4.78 is 0. The third-order valence-electron chi connectivity index (χ3n) is 4.00. The molecule has 2 aromatic rings. The van der Waals surface area contributed by atoms with Gasteiger partial charge in [0.05, 0.1) is 5.52 Å². The number of benzene rings is 1. The van der Waals surface area contributed by atoms with Crippen molar-refractivity contribution in [3.8, 4) is 0 Å². The summed E-state index contributed by atoms with van der Waals surface area (Å²) in [6.45, 7) is 18.0. The van der Waals surface area contributed by atoms with Gasteiger partial charge in [-0.1, -0.05) is 53.7 Å². The van der Waals surface area contributed by atoms with Crippen LogP contribution in [0.15, 0.2) is 18.2 Å². The Morgan fingerprint density at radius 3 is 1.85 bits per heavy atom. The molecule has 0 saturated carbocycles. The van der Waals surface area contributed by atoms with E-state index in [9.17, 15) is 0 Å². The van der Waals surface area contributed by atoms with E-state index in [0.717, 1.165) is 5.69 Å². The Hall–Kier alpha value is -1.37. The van der Waals surface area contributed by atoms with Crippen LogP contribution in [-0.2, 0) is 10.8 Å². The standard InChI is InChI=1S/C19H27N/c1-12-9-10-14-13(2)15(18(3,4)5)11-16(17(14)20-12)19(6,7)8/h9-11H,1-8H3. The SMILES string of the molecule is Cc1ccc2c(C)c(C(C)(C)C)cc(C(C)(C)C)c2n1. The number of fused-ring (bicyclic) bond motifs is 1. The first-order valence-electron chi connectivity index (χ1n) is 7.44. The smallest absolute Gasteiger partial charge is 0.0745 e. The minimum Gasteiger partial charge on any atom is -0.253 e. The highest BCUT2D eigenvalue weighted by Gasteiger charge is 2.25. The third kappa shape index (κ3) is 2.59. The molecule has 0 bridgehead atoms. The molecule has 1 nitrogen and oxygen atoms in total. The highest BCUT2D eigenvalue weighted by atomic mass is 14.7. The molecule has 0 radical (unpaired) electrons. The molecule has 0 aliphatic heterocycles. The average Bonchev–Trinajstić information content (AvgIpc) is 2.25. The highest BCUT2D eigenvalue weighted by Crippen LogP contribution is 2.37. The van der Waals surface area contributed by atoms with Crippen molar-refractivity contribution in [2.45, 2.75) is 66.2 Å². The van der Waals surface area contributed by atoms with Crippen LogP contribution >= 0.6 is 0 Å². The van der Waals surface area contributed by atoms with E-state index in [2.05, 4.69) is 73.6 Å². The van der Waals surface area contributed by atoms with E-state index < -0.39 is 0 Å². The molecule has 0 amide bonds. The molecule has 1 heteroatoms. The van der Waals surface area contributed by atoms with E-state index in [-0.39, 0.29) is 10.8 Å². The van der Waals surface area contributed by atoms with E-state index in [0.29, 0.717) is 0 Å². The van der Waals surface area contributed by atoms with Gasteiger partial charge in [0.1, 0.15) is 0 Å². The Balaban J connectivity index is 2.96. The van der Waals surface area contributed by atoms with Crippen LogP contribution in [0.25, 0.3) is 10.9 Å². The zero-order chi connectivity index (χ0) is 15.3. The van der Waals surface area contributed by atoms with Crippen LogP contribution in [0.4, 0.5) is 0 Å². The van der Waals surface area contributed by atoms with E-state index in [4.69, 9.17) is 4.98 Å². The summed E-state index contributed by atoms with van der Waals surface area (Å²) in [6.07, 6.45) is 0. The van der Waals surface area contributed by atoms with E-state index in [1.54, 1.807) is 0 Å². The summed E-state index contributed by atoms with van der Waals surface area (Å²) in [5.74, 6) is 0. The zero-order valence-electron chi connectivity index (χ0n) is 14.2. The first-order chi connectivity index (χ1) is 9.01. The zero-order valence-corrected chi connectivity index (χ0v) is 14.2. The second-order valence-corrected chi connectivity index (χ2v) is 7.95. The van der Waals surface area contributed by atoms with Gasteiger partial charge in [-0.15, -0.1) is 0 Å². The topological polar surface area (TPSA) is 12.9 Å². The van der Waals surface area contributed by atoms with Gasteiger partial charge in [0.15, 0.2) is 0 Å². The van der Waals surface area contributed by atoms with Gasteiger partial charge in [0.25, 0.3) is 0 Å². The van der Waals surface area contributed by atoms with Crippen LogP contribution in [0.1, 0.15) is 63.9 Å². The van der Waals surface area contributed by atoms with Gasteiger partial charge in [-0.3, -0.25) is 4.98 Å². The molecule has 1 heterocycles. The number of hydrogen-bond acceptors (Lipinski definition) is 1. The maximum Gasteiger partial charge on any atom is 0.0745 e. The van der Waals surface area contributed by atoms with Crippen molar-refractivity contribution in [2.24, 2.45) is 0 Å². The maximum absolute atomic E-state index is 4.83. The molecule has 0 fully saturated rings. The highest BCUT2D eigenvalue weighted by molar-refractivity contribution is 5.87. The van der Waals surface area contributed by atoms with Crippen LogP contribution in [0, 0.1) is 13.8 Å². The third-order valence-corrected chi connectivity index (χ3v) is 4.00. The predicted octanol–water partition coefficient (Wildman–Crippen LogP) is 5.45. The molecule has 1 aromatic carbocycles. The lowest BCUT2D eigenvalue weighted by Crippen LogP contribution is -2.19. The molecule has 0 spiro atoms. The number of pyridine rings is 1. The second kappa shape index (κ2) is 4.58. The summed E-state index contributed by atoms with van der Waals surface area (Å²) in [7, 11) is 0. The largest absolute Gasteiger partial charge is 0.253 e. The molecule has 0 aliphatic carbocycles. The quantitative estimate of drug-likeness (QED) is 0.620. The van der Waals surface area contributed by atoms with Crippen molar-refractivity contribution < 1.29 is 0 Å². The molecule has 0 atom stereocenters. The van der Waals surface area contributed by atoms with Crippen molar-refractivity contribution in [2.75, 3.05) is 0 Å². The Kier molecular flexibility index (Phi) is 3.44. The van der Waals surface area contributed by atoms with Gasteiger partial charge in [0.2, 0.25) is 0 Å². The Morgan fingerprint density at radius 2 is 1.35 bits per heavy atom. The molecule has 0 saturated heterocycles. The van der Waals surface area contributed by atoms with Crippen molar-refractivity contribution in [3.05, 3.63) is 40.6 Å². The number of aromatic nitrogens is 1. The van der Waals surface area contributed by atoms with Crippen LogP contribution in [0.2, 0.25) is 0 Å². The van der Waals surface area contributed by atoms with E-state index >= 15 is 0 Å². The first-order valence-corrected chi connectivity index (χ1v) is 7.44. The van der Waals surface area contributed by atoms with Gasteiger partial charge in [-0.05, 0) is 47.4 Å². The average molecular weight is 269 g/mol. The summed E-state index contributed by atoms with van der Waals surface area (Å²) >= 11 is 0. The fourth-order valence-corrected chi connectivity index (χ4v) is 2.88. The molecular formula is C19H27N. The van der Waals surface area contributed by atoms with Crippen LogP contribution in [-0.4, -0.2) is 4.98 Å². The van der Waals surface area contributed by atoms with Crippen molar-refractivity contribution in [1.82, 2.24) is 4.98 Å². The molecule has 0 N–H and O–H groups in total. The summed E-state index contributed by atoms with van der Waals surface area (Å²) in [5, 5.41) is 1.30.